The molecule has 0 aliphatic carbocycles. The fourth-order valence-electron chi connectivity index (χ4n) is 11.0. The third-order valence-corrected chi connectivity index (χ3v) is 18.9. The Morgan fingerprint density at radius 2 is 0.794 bits per heavy atom. The number of hydrogen-bond donors (Lipinski definition) is 5. The maximum Gasteiger partial charge on any atom is 0.358 e. The average Bonchev–Trinajstić information content (AvgIpc) is 1.24. The fourth-order valence-corrected chi connectivity index (χ4v) is 13.5. The van der Waals surface area contributed by atoms with Crippen LogP contribution in [0, 0.1) is 67.0 Å². The predicted octanol–water partition coefficient (Wildman–Crippen LogP) is 21.1. The Labute approximate surface area is 806 Å². The number of nitrogen functional groups attached to an aromatic ring is 1. The number of esters is 4. The van der Waals surface area contributed by atoms with Crippen LogP contribution in [-0.2, 0) is 50.5 Å². The molecule has 0 fully saturated rings. The number of ether oxygens (including phenoxy) is 4. The molecule has 0 saturated carbocycles. The second kappa shape index (κ2) is 54.1. The van der Waals surface area contributed by atoms with Crippen LogP contribution >= 0.6 is 120 Å². The molecule has 15 aromatic rings. The van der Waals surface area contributed by atoms with Gasteiger partial charge < -0.3 is 35.1 Å². The number of aliphatic hydroxyl groups excluding tert-OH is 1. The summed E-state index contributed by atoms with van der Waals surface area (Å²) in [5.41, 5.74) is 20.5. The van der Waals surface area contributed by atoms with Gasteiger partial charge in [-0.25, -0.2) is 67.2 Å². The van der Waals surface area contributed by atoms with E-state index in [2.05, 4.69) is 102 Å². The van der Waals surface area contributed by atoms with Gasteiger partial charge >= 0.3 is 23.9 Å². The van der Waals surface area contributed by atoms with Gasteiger partial charge in [0.1, 0.15) is 69.5 Å². The van der Waals surface area contributed by atoms with Crippen molar-refractivity contribution < 1.29 is 52.0 Å². The molecule has 13 heterocycles. The standard InChI is InChI=1S/C23H23FN6O2.C17H18ClN5O2.C11H11Cl2N3.C8H7Cl2NO2.C6H4BrCl2N.C6H5Cl2NO.C6H6FN.C6H8N2O2.C5H8N2/c1-4-32-23(31)20-9-10-29(28-20)22-13-17(14-30-16(3)11-15(2)27-30)12-21(26-22)25-19-7-5-18(24)6-8-19;1-4-25-17(24)14-5-6-22(21-14)16-9-13(8-15(18)19-16)10-23-12(3)7-11(2)20-23;1-7-3-8(2)16(15-7)6-9-4-10(12)14-11(13)5-9;1-2-13-8(12)5-3-6(9)11-7(10)4-5;7-3-4-1-5(8)10-6(9)2-4;7-5-1-4(3-10)2-6(8)9-5;7-5-1-3-6(8)4-2-5;1-2-10-6(9)5-3-4-7-8-5;1-4-3-5(2)7-6-4/h5-13H,4,14H2,1-3H3,(H,25,26);5-9H,4,10H2,1-3H3;3-5H,6H2,1-2H3;3-4H,2H2,1H3;1-2H,3H2;1-2,10H,3H2;1-4H,8H2;3-4H,2H2,1H3,(H,7,8);3H,1-2H3,(H,6,7). The minimum atomic E-state index is -0.491. The third kappa shape index (κ3) is 37.5. The zero-order valence-corrected chi connectivity index (χ0v) is 80.9. The number of aromatic nitrogens is 20. The maximum absolute atomic E-state index is 13.3. The minimum absolute atomic E-state index is 0.0675. The van der Waals surface area contributed by atoms with Gasteiger partial charge in [-0.15, -0.1) is 0 Å². The molecule has 0 saturated heterocycles. The molecule has 15 rings (SSSR count). The highest BCUT2D eigenvalue weighted by molar-refractivity contribution is 9.08. The molecule has 13 aromatic heterocycles. The number of rotatable bonds is 20. The molecule has 43 heteroatoms. The number of hydrogen-bond acceptors (Lipinski definition) is 24. The van der Waals surface area contributed by atoms with E-state index in [9.17, 15) is 28.0 Å². The Kier molecular flexibility index (Phi) is 43.9. The van der Waals surface area contributed by atoms with Gasteiger partial charge in [0.2, 0.25) is 0 Å². The van der Waals surface area contributed by atoms with E-state index in [0.717, 1.165) is 73.1 Å². The summed E-state index contributed by atoms with van der Waals surface area (Å²) in [4.78, 5) is 69.7. The third-order valence-electron chi connectivity index (χ3n) is 16.5. The lowest BCUT2D eigenvalue weighted by atomic mass is 10.2. The molecule has 0 aliphatic heterocycles. The Balaban J connectivity index is 0.000000212. The summed E-state index contributed by atoms with van der Waals surface area (Å²) in [6, 6.07) is 45.0. The molecule has 6 N–H and O–H groups in total. The van der Waals surface area contributed by atoms with E-state index >= 15 is 0 Å². The van der Waals surface area contributed by atoms with Crippen molar-refractivity contribution in [1.29, 1.82) is 0 Å². The number of nitrogens with one attached hydrogen (secondary N) is 3. The molecule has 690 valence electrons. The number of carbonyl (C=O) groups is 4. The summed E-state index contributed by atoms with van der Waals surface area (Å²) in [7, 11) is 0. The van der Waals surface area contributed by atoms with Crippen molar-refractivity contribution in [2.24, 2.45) is 0 Å². The molecule has 31 nitrogen and oxygen atoms in total. The van der Waals surface area contributed by atoms with E-state index in [1.807, 2.05) is 112 Å². The van der Waals surface area contributed by atoms with E-state index in [1.165, 1.54) is 64.1 Å². The highest BCUT2D eigenvalue weighted by Gasteiger charge is 2.18. The number of aromatic amines is 2. The summed E-state index contributed by atoms with van der Waals surface area (Å²) >= 11 is 54.6. The SMILES string of the molecule is CCOC(=O)c1cc(Cl)nc(Cl)c1.CCOC(=O)c1ccn(-c2cc(Cn3nc(C)cc3C)cc(Cl)n2)n1.CCOC(=O)c1ccn(-c2cc(Cn3nc(C)cc3C)cc(Nc3ccc(F)cc3)n2)n1.CCOC(=O)c1ccn[nH]1.Cc1cc(C)[nH]n1.Cc1cc(C)n(Cc2cc(Cl)nc(Cl)c2)n1.Clc1cc(CBr)cc(Cl)n1.Nc1ccc(F)cc1.OCc1cc(Cl)nc(Cl)c1. The van der Waals surface area contributed by atoms with E-state index in [-0.39, 0.29) is 52.5 Å². The van der Waals surface area contributed by atoms with Crippen molar-refractivity contribution >= 4 is 161 Å². The number of alkyl halides is 1. The zero-order valence-electron chi connectivity index (χ0n) is 72.6. The largest absolute Gasteiger partial charge is 0.462 e. The van der Waals surface area contributed by atoms with Gasteiger partial charge in [-0.1, -0.05) is 120 Å². The number of halogens is 12. The molecule has 0 unspecified atom stereocenters. The first-order valence-corrected chi connectivity index (χ1v) is 43.9. The number of nitrogens with two attached hydrogens (primary N) is 1. The summed E-state index contributed by atoms with van der Waals surface area (Å²) < 4.78 is 53.4. The lowest BCUT2D eigenvalue weighted by molar-refractivity contribution is 0.0509. The number of aliphatic hydroxyl groups is 1. The fraction of sp³-hybridized carbons (Fsp3) is 0.239. The summed E-state index contributed by atoms with van der Waals surface area (Å²) in [5.74, 6) is -0.734. The van der Waals surface area contributed by atoms with Gasteiger partial charge in [0.25, 0.3) is 0 Å². The Morgan fingerprint density at radius 3 is 1.15 bits per heavy atom. The van der Waals surface area contributed by atoms with Crippen molar-refractivity contribution in [3.63, 3.8) is 0 Å². The highest BCUT2D eigenvalue weighted by Crippen LogP contribution is 2.25. The van der Waals surface area contributed by atoms with Crippen LogP contribution in [0.5, 0.6) is 0 Å². The zero-order chi connectivity index (χ0) is 96.0. The molecule has 0 atom stereocenters. The first kappa shape index (κ1) is 106. The molecule has 0 spiro atoms. The van der Waals surface area contributed by atoms with Gasteiger partial charge in [-0.05, 0) is 275 Å². The smallest absolute Gasteiger partial charge is 0.358 e. The average molecular weight is 2040 g/mol. The predicted molar refractivity (Wildman–Crippen MR) is 507 cm³/mol. The van der Waals surface area contributed by atoms with E-state index in [1.54, 1.807) is 113 Å². The van der Waals surface area contributed by atoms with Gasteiger partial charge in [-0.2, -0.15) is 35.7 Å². The minimum Gasteiger partial charge on any atom is -0.462 e. The normalized spacial score (nSPS) is 10.3. The second-order valence-electron chi connectivity index (χ2n) is 27.3. The molecule has 0 aliphatic rings. The molecule has 0 bridgehead atoms. The Hall–Kier alpha value is -11.8. The summed E-state index contributed by atoms with van der Waals surface area (Å²) in [6.07, 6.45) is 4.81. The monoisotopic (exact) mass is 2030 g/mol. The van der Waals surface area contributed by atoms with Crippen LogP contribution in [0.15, 0.2) is 182 Å². The first-order chi connectivity index (χ1) is 62.4. The number of nitrogens with zero attached hydrogens (tertiary/aromatic N) is 18. The van der Waals surface area contributed by atoms with Crippen LogP contribution < -0.4 is 11.1 Å². The lowest BCUT2D eigenvalue weighted by Crippen LogP contribution is -2.09. The molecule has 0 amide bonds. The number of carbonyl (C=O) groups excluding carboxylic acids is 4. The van der Waals surface area contributed by atoms with Crippen LogP contribution in [0.2, 0.25) is 46.4 Å². The number of aryl methyl sites for hydroxylation is 8. The molecule has 2 aromatic carbocycles. The first-order valence-electron chi connectivity index (χ1n) is 39.4. The molecular formula is C88H90BrCl9F2N22O9. The van der Waals surface area contributed by atoms with Crippen LogP contribution in [0.1, 0.15) is 143 Å². The van der Waals surface area contributed by atoms with Crippen LogP contribution in [0.4, 0.5) is 26.0 Å². The van der Waals surface area contributed by atoms with Crippen LogP contribution in [-0.4, -0.2) is 155 Å². The van der Waals surface area contributed by atoms with Gasteiger partial charge in [0, 0.05) is 58.1 Å². The van der Waals surface area contributed by atoms with Gasteiger partial charge in [0.15, 0.2) is 23.0 Å². The summed E-state index contributed by atoms with van der Waals surface area (Å²) in [5, 5.41) is 50.3. The van der Waals surface area contributed by atoms with Crippen molar-refractivity contribution in [1.82, 2.24) is 99.2 Å². The van der Waals surface area contributed by atoms with Gasteiger partial charge in [0.05, 0.1) is 81.0 Å². The van der Waals surface area contributed by atoms with Gasteiger partial charge in [-0.3, -0.25) is 24.2 Å². The van der Waals surface area contributed by atoms with Crippen molar-refractivity contribution in [2.45, 2.75) is 115 Å². The van der Waals surface area contributed by atoms with Crippen molar-refractivity contribution in [2.75, 3.05) is 37.5 Å². The van der Waals surface area contributed by atoms with Crippen molar-refractivity contribution in [3.05, 3.63) is 336 Å². The number of pyridine rings is 6. The molecule has 0 radical (unpaired) electrons. The van der Waals surface area contributed by atoms with E-state index < -0.39 is 17.9 Å². The lowest BCUT2D eigenvalue weighted by Gasteiger charge is -2.12. The highest BCUT2D eigenvalue weighted by atomic mass is 79.9. The number of anilines is 3. The molecular weight excluding hydrogens is 1950 g/mol. The maximum atomic E-state index is 13.3. The van der Waals surface area contributed by atoms with Crippen LogP contribution in [0.3, 0.4) is 0 Å². The topological polar surface area (TPSA) is 387 Å². The van der Waals surface area contributed by atoms with Crippen LogP contribution in [0.25, 0.3) is 11.6 Å². The summed E-state index contributed by atoms with van der Waals surface area (Å²) in [6.45, 7) is 25.8. The van der Waals surface area contributed by atoms with E-state index in [4.69, 9.17) is 129 Å². The Bertz CT molecular complexity index is 6030. The number of benzene rings is 2. The van der Waals surface area contributed by atoms with Crippen molar-refractivity contribution in [3.8, 4) is 11.6 Å². The quantitative estimate of drug-likeness (QED) is 0.0155. The Morgan fingerprint density at radius 1 is 0.420 bits per heavy atom. The molecule has 131 heavy (non-hydrogen) atoms. The van der Waals surface area contributed by atoms with E-state index in [0.29, 0.717) is 121 Å². The second-order valence-corrected chi connectivity index (χ2v) is 31.3. The number of H-pyrrole nitrogens is 2.